The van der Waals surface area contributed by atoms with Crippen molar-refractivity contribution in [1.82, 2.24) is 4.98 Å². The summed E-state index contributed by atoms with van der Waals surface area (Å²) >= 11 is 1.73. The third-order valence-electron chi connectivity index (χ3n) is 3.93. The van der Waals surface area contributed by atoms with Crippen LogP contribution in [0.25, 0.3) is 0 Å². The predicted molar refractivity (Wildman–Crippen MR) is 91.6 cm³/mol. The fourth-order valence-corrected chi connectivity index (χ4v) is 3.89. The molecule has 0 N–H and O–H groups in total. The number of hydrogen-bond acceptors (Lipinski definition) is 5. The summed E-state index contributed by atoms with van der Waals surface area (Å²) in [5.74, 6) is 0. The number of rotatable bonds is 4. The first-order chi connectivity index (χ1) is 11.3. The van der Waals surface area contributed by atoms with E-state index in [-0.39, 0.29) is 0 Å². The van der Waals surface area contributed by atoms with Gasteiger partial charge in [0.25, 0.3) is 0 Å². The second-order valence-electron chi connectivity index (χ2n) is 5.47. The fourth-order valence-electron chi connectivity index (χ4n) is 2.72. The maximum Gasteiger partial charge on any atom is 0.151 e. The summed E-state index contributed by atoms with van der Waals surface area (Å²) in [5.41, 5.74) is 2.42. The monoisotopic (exact) mass is 323 g/mol. The van der Waals surface area contributed by atoms with Gasteiger partial charge in [0.15, 0.2) is 6.29 Å². The zero-order valence-electron chi connectivity index (χ0n) is 12.7. The lowest BCUT2D eigenvalue weighted by Gasteiger charge is -2.37. The Kier molecular flexibility index (Phi) is 4.94. The van der Waals surface area contributed by atoms with Crippen LogP contribution in [0.4, 0.5) is 5.69 Å². The molecule has 0 saturated carbocycles. The van der Waals surface area contributed by atoms with Crippen molar-refractivity contribution in [3.63, 3.8) is 0 Å². The number of hydrogen-bond donors (Lipinski definition) is 0. The molecule has 1 saturated heterocycles. The third kappa shape index (κ3) is 3.72. The van der Waals surface area contributed by atoms with E-state index in [0.717, 1.165) is 30.0 Å². The Balaban J connectivity index is 1.77. The average Bonchev–Trinajstić information content (AvgIpc) is 2.63. The van der Waals surface area contributed by atoms with Gasteiger partial charge in [0.1, 0.15) is 0 Å². The van der Waals surface area contributed by atoms with E-state index in [1.807, 2.05) is 30.3 Å². The summed E-state index contributed by atoms with van der Waals surface area (Å²) in [5, 5.41) is 10.2. The highest BCUT2D eigenvalue weighted by Crippen LogP contribution is 2.34. The van der Waals surface area contributed by atoms with Gasteiger partial charge in [-0.1, -0.05) is 11.8 Å². The number of piperidine rings is 1. The van der Waals surface area contributed by atoms with E-state index >= 15 is 0 Å². The maximum atomic E-state index is 10.7. The molecule has 0 spiro atoms. The molecule has 1 fully saturated rings. The number of carbonyl (C=O) groups excluding carboxylic acids is 1. The summed E-state index contributed by atoms with van der Waals surface area (Å²) in [6, 6.07) is 13.6. The van der Waals surface area contributed by atoms with Crippen molar-refractivity contribution in [3.05, 3.63) is 53.7 Å². The zero-order chi connectivity index (χ0) is 16.1. The molecule has 1 aliphatic heterocycles. The molecule has 4 nitrogen and oxygen atoms in total. The molecule has 0 aliphatic carbocycles. The van der Waals surface area contributed by atoms with Crippen LogP contribution in [0.3, 0.4) is 0 Å². The van der Waals surface area contributed by atoms with Crippen molar-refractivity contribution in [2.75, 3.05) is 11.4 Å². The second kappa shape index (κ2) is 7.30. The van der Waals surface area contributed by atoms with Crippen LogP contribution in [0.5, 0.6) is 0 Å². The molecule has 1 aromatic heterocycles. The molecule has 0 radical (unpaired) electrons. The Morgan fingerprint density at radius 1 is 1.22 bits per heavy atom. The Morgan fingerprint density at radius 2 is 2.04 bits per heavy atom. The molecule has 116 valence electrons. The van der Waals surface area contributed by atoms with Crippen molar-refractivity contribution in [2.45, 2.75) is 29.7 Å². The normalized spacial score (nSPS) is 17.5. The standard InChI is InChI=1S/C18H17N3OS/c19-11-14-4-7-16(8-5-14)21-10-2-1-3-18(21)23-17-9-6-15(13-22)12-20-17/h4-9,12-13,18H,1-3,10H2. The molecular weight excluding hydrogens is 306 g/mol. The largest absolute Gasteiger partial charge is 0.359 e. The number of thioether (sulfide) groups is 1. The fraction of sp³-hybridized carbons (Fsp3) is 0.278. The first kappa shape index (κ1) is 15.6. The molecule has 3 rings (SSSR count). The minimum absolute atomic E-state index is 0.325. The van der Waals surface area contributed by atoms with Crippen LogP contribution in [0, 0.1) is 11.3 Å². The van der Waals surface area contributed by atoms with Gasteiger partial charge in [0.2, 0.25) is 0 Å². The van der Waals surface area contributed by atoms with Crippen LogP contribution in [0.1, 0.15) is 35.2 Å². The van der Waals surface area contributed by atoms with Crippen LogP contribution in [0.2, 0.25) is 0 Å². The van der Waals surface area contributed by atoms with Gasteiger partial charge in [0, 0.05) is 24.0 Å². The molecule has 1 atom stereocenters. The van der Waals surface area contributed by atoms with E-state index in [2.05, 4.69) is 16.0 Å². The first-order valence-corrected chi connectivity index (χ1v) is 8.53. The van der Waals surface area contributed by atoms with Gasteiger partial charge in [-0.05, 0) is 55.7 Å². The summed E-state index contributed by atoms with van der Waals surface area (Å²) in [6.07, 6.45) is 5.91. The second-order valence-corrected chi connectivity index (χ2v) is 6.67. The highest BCUT2D eigenvalue weighted by Gasteiger charge is 2.24. The summed E-state index contributed by atoms with van der Waals surface area (Å²) in [4.78, 5) is 17.5. The number of anilines is 1. The SMILES string of the molecule is N#Cc1ccc(N2CCCCC2Sc2ccc(C=O)cn2)cc1. The number of aromatic nitrogens is 1. The van der Waals surface area contributed by atoms with Crippen LogP contribution in [0.15, 0.2) is 47.6 Å². The molecule has 23 heavy (non-hydrogen) atoms. The molecule has 0 amide bonds. The molecule has 2 aromatic rings. The molecular formula is C18H17N3OS. The van der Waals surface area contributed by atoms with Gasteiger partial charge in [-0.15, -0.1) is 0 Å². The van der Waals surface area contributed by atoms with E-state index < -0.39 is 0 Å². The molecule has 5 heteroatoms. The van der Waals surface area contributed by atoms with Crippen LogP contribution < -0.4 is 4.90 Å². The van der Waals surface area contributed by atoms with Gasteiger partial charge in [0.05, 0.1) is 22.0 Å². The minimum Gasteiger partial charge on any atom is -0.359 e. The predicted octanol–water partition coefficient (Wildman–Crippen LogP) is 3.87. The molecule has 1 aliphatic rings. The van der Waals surface area contributed by atoms with Gasteiger partial charge in [-0.3, -0.25) is 4.79 Å². The van der Waals surface area contributed by atoms with Gasteiger partial charge in [-0.25, -0.2) is 4.98 Å². The van der Waals surface area contributed by atoms with Gasteiger partial charge < -0.3 is 4.90 Å². The van der Waals surface area contributed by atoms with Crippen molar-refractivity contribution in [2.24, 2.45) is 0 Å². The van der Waals surface area contributed by atoms with Crippen molar-refractivity contribution >= 4 is 23.7 Å². The van der Waals surface area contributed by atoms with E-state index in [4.69, 9.17) is 5.26 Å². The quantitative estimate of drug-likeness (QED) is 0.799. The van der Waals surface area contributed by atoms with E-state index in [1.165, 1.54) is 12.8 Å². The minimum atomic E-state index is 0.325. The number of aldehydes is 1. The Morgan fingerprint density at radius 3 is 2.70 bits per heavy atom. The van der Waals surface area contributed by atoms with Gasteiger partial charge >= 0.3 is 0 Å². The maximum absolute atomic E-state index is 10.7. The lowest BCUT2D eigenvalue weighted by molar-refractivity contribution is 0.112. The Labute approximate surface area is 140 Å². The summed E-state index contributed by atoms with van der Waals surface area (Å²) in [7, 11) is 0. The number of carbonyl (C=O) groups is 1. The lowest BCUT2D eigenvalue weighted by atomic mass is 10.1. The molecule has 0 bridgehead atoms. The van der Waals surface area contributed by atoms with Crippen LogP contribution in [-0.4, -0.2) is 23.2 Å². The average molecular weight is 323 g/mol. The van der Waals surface area contributed by atoms with Crippen LogP contribution >= 0.6 is 11.8 Å². The summed E-state index contributed by atoms with van der Waals surface area (Å²) in [6.45, 7) is 1.01. The highest BCUT2D eigenvalue weighted by atomic mass is 32.2. The smallest absolute Gasteiger partial charge is 0.151 e. The Bertz CT molecular complexity index is 707. The lowest BCUT2D eigenvalue weighted by Crippen LogP contribution is -2.37. The topological polar surface area (TPSA) is 57.0 Å². The molecule has 2 heterocycles. The van der Waals surface area contributed by atoms with Crippen LogP contribution in [-0.2, 0) is 0 Å². The number of nitriles is 1. The van der Waals surface area contributed by atoms with E-state index in [0.29, 0.717) is 16.5 Å². The van der Waals surface area contributed by atoms with Crippen molar-refractivity contribution in [3.8, 4) is 6.07 Å². The van der Waals surface area contributed by atoms with Gasteiger partial charge in [-0.2, -0.15) is 5.26 Å². The van der Waals surface area contributed by atoms with Crippen molar-refractivity contribution in [1.29, 1.82) is 5.26 Å². The number of benzene rings is 1. The highest BCUT2D eigenvalue weighted by molar-refractivity contribution is 8.00. The third-order valence-corrected chi connectivity index (χ3v) is 5.17. The Hall–Kier alpha value is -2.32. The molecule has 1 aromatic carbocycles. The van der Waals surface area contributed by atoms with E-state index in [1.54, 1.807) is 24.0 Å². The number of nitrogens with zero attached hydrogens (tertiary/aromatic N) is 3. The summed E-state index contributed by atoms with van der Waals surface area (Å²) < 4.78 is 0. The zero-order valence-corrected chi connectivity index (χ0v) is 13.5. The first-order valence-electron chi connectivity index (χ1n) is 7.65. The van der Waals surface area contributed by atoms with E-state index in [9.17, 15) is 4.79 Å². The number of pyridine rings is 1. The molecule has 1 unspecified atom stereocenters. The van der Waals surface area contributed by atoms with Crippen molar-refractivity contribution < 1.29 is 4.79 Å².